The predicted molar refractivity (Wildman–Crippen MR) is 110 cm³/mol. The van der Waals surface area contributed by atoms with Crippen LogP contribution in [0, 0.1) is 17.7 Å². The van der Waals surface area contributed by atoms with Gasteiger partial charge in [0, 0.05) is 38.6 Å². The van der Waals surface area contributed by atoms with Crippen LogP contribution in [0.25, 0.3) is 0 Å². The van der Waals surface area contributed by atoms with Crippen LogP contribution in [0.15, 0.2) is 29.2 Å². The highest BCUT2D eigenvalue weighted by atomic mass is 35.5. The Hall–Kier alpha value is -1.22. The van der Waals surface area contributed by atoms with E-state index in [4.69, 9.17) is 5.73 Å². The van der Waals surface area contributed by atoms with E-state index in [1.54, 1.807) is 11.9 Å². The molecular formula is C19H31ClFN3O3S. The molecule has 1 aromatic carbocycles. The molecule has 1 unspecified atom stereocenters. The summed E-state index contributed by atoms with van der Waals surface area (Å²) in [5.41, 5.74) is 6.03. The van der Waals surface area contributed by atoms with E-state index in [9.17, 15) is 17.6 Å². The Bertz CT molecular complexity index is 753. The number of piperidine rings is 1. The Morgan fingerprint density at radius 3 is 2.39 bits per heavy atom. The van der Waals surface area contributed by atoms with Crippen LogP contribution in [-0.4, -0.2) is 56.3 Å². The molecule has 6 nitrogen and oxygen atoms in total. The topological polar surface area (TPSA) is 83.7 Å². The van der Waals surface area contributed by atoms with Gasteiger partial charge in [-0.2, -0.15) is 4.31 Å². The minimum atomic E-state index is -3.88. The van der Waals surface area contributed by atoms with Crippen LogP contribution >= 0.6 is 12.4 Å². The molecule has 1 aliphatic heterocycles. The fourth-order valence-corrected chi connectivity index (χ4v) is 4.77. The van der Waals surface area contributed by atoms with Gasteiger partial charge in [0.15, 0.2) is 0 Å². The van der Waals surface area contributed by atoms with Crippen molar-refractivity contribution in [2.24, 2.45) is 17.6 Å². The second-order valence-corrected chi connectivity index (χ2v) is 9.47. The minimum absolute atomic E-state index is 0. The zero-order valence-electron chi connectivity index (χ0n) is 16.7. The van der Waals surface area contributed by atoms with Crippen LogP contribution in [-0.2, 0) is 14.8 Å². The quantitative estimate of drug-likeness (QED) is 0.713. The fourth-order valence-electron chi connectivity index (χ4n) is 3.23. The van der Waals surface area contributed by atoms with Gasteiger partial charge in [0.1, 0.15) is 10.7 Å². The molecule has 1 heterocycles. The molecule has 0 saturated carbocycles. The molecule has 2 rings (SSSR count). The Labute approximate surface area is 173 Å². The van der Waals surface area contributed by atoms with Crippen molar-refractivity contribution in [1.29, 1.82) is 0 Å². The minimum Gasteiger partial charge on any atom is -0.345 e. The zero-order chi connectivity index (χ0) is 20.2. The van der Waals surface area contributed by atoms with Crippen molar-refractivity contribution in [1.82, 2.24) is 9.21 Å². The lowest BCUT2D eigenvalue weighted by molar-refractivity contribution is -0.135. The number of sulfonamides is 1. The first-order chi connectivity index (χ1) is 12.6. The third kappa shape index (κ3) is 5.89. The highest BCUT2D eigenvalue weighted by molar-refractivity contribution is 7.89. The Balaban J connectivity index is 0.00000392. The standard InChI is InChI=1S/C19H30FN3O3S.ClH/c1-14(2)17(21)10-11-22(3)19(24)15-8-12-23(13-9-15)27(25,26)18-7-5-4-6-16(18)20;/h4-7,14-15,17H,8-13,21H2,1-3H3;1H. The average molecular weight is 436 g/mol. The van der Waals surface area contributed by atoms with Crippen molar-refractivity contribution in [3.63, 3.8) is 0 Å². The van der Waals surface area contributed by atoms with Crippen LogP contribution in [0.3, 0.4) is 0 Å². The molecule has 1 aromatic rings. The summed E-state index contributed by atoms with van der Waals surface area (Å²) < 4.78 is 40.4. The van der Waals surface area contributed by atoms with E-state index in [2.05, 4.69) is 13.8 Å². The molecule has 2 N–H and O–H groups in total. The third-order valence-electron chi connectivity index (χ3n) is 5.29. The molecule has 28 heavy (non-hydrogen) atoms. The smallest absolute Gasteiger partial charge is 0.245 e. The number of benzene rings is 1. The number of hydrogen-bond donors (Lipinski definition) is 1. The van der Waals surface area contributed by atoms with Crippen LogP contribution in [0.2, 0.25) is 0 Å². The number of nitrogens with two attached hydrogens (primary N) is 1. The van der Waals surface area contributed by atoms with Gasteiger partial charge in [-0.25, -0.2) is 12.8 Å². The number of carbonyl (C=O) groups excluding carboxylic acids is 1. The lowest BCUT2D eigenvalue weighted by Gasteiger charge is -2.33. The van der Waals surface area contributed by atoms with Gasteiger partial charge in [0.2, 0.25) is 15.9 Å². The molecule has 0 aliphatic carbocycles. The largest absolute Gasteiger partial charge is 0.345 e. The summed E-state index contributed by atoms with van der Waals surface area (Å²) in [6.07, 6.45) is 1.61. The maximum absolute atomic E-state index is 13.9. The van der Waals surface area contributed by atoms with E-state index in [1.165, 1.54) is 22.5 Å². The van der Waals surface area contributed by atoms with Gasteiger partial charge in [-0.3, -0.25) is 4.79 Å². The number of carbonyl (C=O) groups is 1. The Morgan fingerprint density at radius 1 is 1.29 bits per heavy atom. The highest BCUT2D eigenvalue weighted by Gasteiger charge is 2.34. The van der Waals surface area contributed by atoms with Gasteiger partial charge in [0.05, 0.1) is 0 Å². The number of halogens is 2. The van der Waals surface area contributed by atoms with E-state index >= 15 is 0 Å². The summed E-state index contributed by atoms with van der Waals surface area (Å²) in [4.78, 5) is 14.0. The van der Waals surface area contributed by atoms with Gasteiger partial charge < -0.3 is 10.6 Å². The first-order valence-corrected chi connectivity index (χ1v) is 10.8. The number of hydrogen-bond acceptors (Lipinski definition) is 4. The van der Waals surface area contributed by atoms with E-state index in [1.807, 2.05) is 0 Å². The second-order valence-electron chi connectivity index (χ2n) is 7.57. The van der Waals surface area contributed by atoms with Gasteiger partial charge >= 0.3 is 0 Å². The second kappa shape index (κ2) is 10.5. The number of amides is 1. The van der Waals surface area contributed by atoms with Crippen LogP contribution in [0.5, 0.6) is 0 Å². The van der Waals surface area contributed by atoms with Crippen LogP contribution < -0.4 is 5.73 Å². The molecule has 0 aromatic heterocycles. The molecule has 1 amide bonds. The summed E-state index contributed by atoms with van der Waals surface area (Å²) in [6, 6.07) is 5.42. The van der Waals surface area contributed by atoms with Crippen molar-refractivity contribution < 1.29 is 17.6 Å². The monoisotopic (exact) mass is 435 g/mol. The van der Waals surface area contributed by atoms with Gasteiger partial charge in [0.25, 0.3) is 0 Å². The lowest BCUT2D eigenvalue weighted by atomic mass is 9.96. The number of rotatable bonds is 7. The molecule has 1 saturated heterocycles. The van der Waals surface area contributed by atoms with Crippen molar-refractivity contribution in [3.05, 3.63) is 30.1 Å². The zero-order valence-corrected chi connectivity index (χ0v) is 18.3. The molecule has 1 aliphatic rings. The van der Waals surface area contributed by atoms with Gasteiger partial charge in [-0.05, 0) is 37.3 Å². The maximum Gasteiger partial charge on any atom is 0.245 e. The van der Waals surface area contributed by atoms with Crippen LogP contribution in [0.1, 0.15) is 33.1 Å². The molecule has 0 spiro atoms. The summed E-state index contributed by atoms with van der Waals surface area (Å²) in [6.45, 7) is 5.13. The molecule has 9 heteroatoms. The van der Waals surface area contributed by atoms with E-state index in [-0.39, 0.29) is 48.3 Å². The van der Waals surface area contributed by atoms with Crippen molar-refractivity contribution >= 4 is 28.3 Å². The van der Waals surface area contributed by atoms with Crippen molar-refractivity contribution in [3.8, 4) is 0 Å². The lowest BCUT2D eigenvalue weighted by Crippen LogP contribution is -2.44. The third-order valence-corrected chi connectivity index (χ3v) is 7.22. The molecule has 0 radical (unpaired) electrons. The molecule has 1 fully saturated rings. The van der Waals surface area contributed by atoms with Crippen LogP contribution in [0.4, 0.5) is 4.39 Å². The Kier molecular flexibility index (Phi) is 9.33. The molecule has 1 atom stereocenters. The fraction of sp³-hybridized carbons (Fsp3) is 0.632. The first-order valence-electron chi connectivity index (χ1n) is 9.39. The first kappa shape index (κ1) is 24.8. The average Bonchev–Trinajstić information content (AvgIpc) is 2.65. The highest BCUT2D eigenvalue weighted by Crippen LogP contribution is 2.26. The molecular weight excluding hydrogens is 405 g/mol. The summed E-state index contributed by atoms with van der Waals surface area (Å²) in [7, 11) is -2.11. The summed E-state index contributed by atoms with van der Waals surface area (Å²) in [5.74, 6) is -0.580. The summed E-state index contributed by atoms with van der Waals surface area (Å²) >= 11 is 0. The SMILES string of the molecule is CC(C)C(N)CCN(C)C(=O)C1CCN(S(=O)(=O)c2ccccc2F)CC1.Cl. The molecule has 160 valence electrons. The molecule has 0 bridgehead atoms. The summed E-state index contributed by atoms with van der Waals surface area (Å²) in [5, 5.41) is 0. The maximum atomic E-state index is 13.9. The van der Waals surface area contributed by atoms with Crippen molar-refractivity contribution in [2.75, 3.05) is 26.7 Å². The normalized spacial score (nSPS) is 17.2. The predicted octanol–water partition coefficient (Wildman–Crippen LogP) is 2.48. The van der Waals surface area contributed by atoms with E-state index < -0.39 is 15.8 Å². The number of nitrogens with zero attached hydrogens (tertiary/aromatic N) is 2. The van der Waals surface area contributed by atoms with Crippen molar-refractivity contribution in [2.45, 2.75) is 44.0 Å². The Morgan fingerprint density at radius 2 is 1.86 bits per heavy atom. The van der Waals surface area contributed by atoms with E-state index in [0.717, 1.165) is 12.5 Å². The van der Waals surface area contributed by atoms with Gasteiger partial charge in [-0.1, -0.05) is 26.0 Å². The van der Waals surface area contributed by atoms with Gasteiger partial charge in [-0.15, -0.1) is 12.4 Å². The van der Waals surface area contributed by atoms with E-state index in [0.29, 0.717) is 25.3 Å².